The van der Waals surface area contributed by atoms with Crippen LogP contribution in [0.1, 0.15) is 31.2 Å². The predicted octanol–water partition coefficient (Wildman–Crippen LogP) is 0.851. The molecule has 2 amide bonds. The van der Waals surface area contributed by atoms with Crippen LogP contribution in [0.15, 0.2) is 24.3 Å². The van der Waals surface area contributed by atoms with Crippen molar-refractivity contribution < 1.29 is 14.5 Å². The molecule has 0 aromatic heterocycles. The van der Waals surface area contributed by atoms with E-state index in [-0.39, 0.29) is 18.4 Å². The molecule has 0 bridgehead atoms. The fourth-order valence-corrected chi connectivity index (χ4v) is 2.90. The average molecular weight is 318 g/mol. The van der Waals surface area contributed by atoms with E-state index >= 15 is 0 Å². The van der Waals surface area contributed by atoms with Gasteiger partial charge in [0.25, 0.3) is 5.91 Å². The summed E-state index contributed by atoms with van der Waals surface area (Å²) in [6.45, 7) is 4.72. The Bertz CT molecular complexity index is 520. The van der Waals surface area contributed by atoms with E-state index in [9.17, 15) is 9.59 Å². The normalized spacial score (nSPS) is 15.7. The van der Waals surface area contributed by atoms with Crippen molar-refractivity contribution in [2.24, 2.45) is 0 Å². The summed E-state index contributed by atoms with van der Waals surface area (Å²) in [4.78, 5) is 27.2. The first-order valence-corrected chi connectivity index (χ1v) is 8.48. The van der Waals surface area contributed by atoms with Crippen LogP contribution in [0, 0.1) is 6.92 Å². The van der Waals surface area contributed by atoms with Gasteiger partial charge in [-0.3, -0.25) is 9.59 Å². The zero-order chi connectivity index (χ0) is 16.7. The Morgan fingerprint density at radius 1 is 1.09 bits per heavy atom. The summed E-state index contributed by atoms with van der Waals surface area (Å²) >= 11 is 0. The molecule has 1 aliphatic rings. The highest BCUT2D eigenvalue weighted by molar-refractivity contribution is 5.94. The zero-order valence-electron chi connectivity index (χ0n) is 14.2. The van der Waals surface area contributed by atoms with Gasteiger partial charge < -0.3 is 15.1 Å². The second kappa shape index (κ2) is 8.67. The van der Waals surface area contributed by atoms with Crippen molar-refractivity contribution in [3.05, 3.63) is 29.8 Å². The van der Waals surface area contributed by atoms with Crippen molar-refractivity contribution in [1.29, 1.82) is 0 Å². The number of likely N-dealkylation sites (N-methyl/N-ethyl adjacent to an activating group) is 1. The maximum atomic E-state index is 12.3. The molecule has 0 radical (unpaired) electrons. The van der Waals surface area contributed by atoms with Gasteiger partial charge >= 0.3 is 0 Å². The van der Waals surface area contributed by atoms with E-state index in [0.29, 0.717) is 6.54 Å². The Morgan fingerprint density at radius 3 is 2.30 bits per heavy atom. The first-order valence-electron chi connectivity index (χ1n) is 8.48. The van der Waals surface area contributed by atoms with Gasteiger partial charge in [0.15, 0.2) is 6.54 Å². The minimum atomic E-state index is -0.157. The monoisotopic (exact) mass is 318 g/mol. The molecule has 2 rings (SSSR count). The molecule has 0 saturated carbocycles. The second-order valence-electron chi connectivity index (χ2n) is 6.50. The van der Waals surface area contributed by atoms with Crippen LogP contribution < -0.4 is 10.2 Å². The molecule has 1 heterocycles. The zero-order valence-corrected chi connectivity index (χ0v) is 14.2. The van der Waals surface area contributed by atoms with Crippen LogP contribution in [0.2, 0.25) is 0 Å². The Morgan fingerprint density at radius 2 is 1.70 bits per heavy atom. The number of carbonyl (C=O) groups excluding carboxylic acids is 2. The van der Waals surface area contributed by atoms with Crippen LogP contribution >= 0.6 is 0 Å². The van der Waals surface area contributed by atoms with Crippen molar-refractivity contribution in [1.82, 2.24) is 4.90 Å². The van der Waals surface area contributed by atoms with E-state index in [4.69, 9.17) is 0 Å². The predicted molar refractivity (Wildman–Crippen MR) is 91.5 cm³/mol. The van der Waals surface area contributed by atoms with Gasteiger partial charge in [-0.1, -0.05) is 17.7 Å². The largest absolute Gasteiger partial charge is 0.332 e. The van der Waals surface area contributed by atoms with Crippen LogP contribution in [0.3, 0.4) is 0 Å². The standard InChI is InChI=1S/C18H27N3O2/c1-15-7-9-16(10-8-15)19-17(22)13-20(2)18(23)14-21-11-5-3-4-6-12-21/h7-10H,3-6,11-14H2,1-2H3,(H,19,22)/p+1. The molecule has 0 unspecified atom stereocenters. The number of anilines is 1. The number of benzene rings is 1. The summed E-state index contributed by atoms with van der Waals surface area (Å²) in [6, 6.07) is 7.65. The van der Waals surface area contributed by atoms with Crippen LogP contribution in [0.25, 0.3) is 0 Å². The minimum absolute atomic E-state index is 0.0426. The van der Waals surface area contributed by atoms with Gasteiger partial charge in [-0.2, -0.15) is 0 Å². The highest BCUT2D eigenvalue weighted by atomic mass is 16.2. The van der Waals surface area contributed by atoms with E-state index < -0.39 is 0 Å². The van der Waals surface area contributed by atoms with Crippen LogP contribution in [0.4, 0.5) is 5.69 Å². The van der Waals surface area contributed by atoms with Gasteiger partial charge in [-0.15, -0.1) is 0 Å². The Hall–Kier alpha value is -1.88. The van der Waals surface area contributed by atoms with Gasteiger partial charge in [0.2, 0.25) is 5.91 Å². The number of likely N-dealkylation sites (tertiary alicyclic amines) is 1. The topological polar surface area (TPSA) is 53.9 Å². The molecule has 0 atom stereocenters. The average Bonchev–Trinajstić information content (AvgIpc) is 2.78. The molecule has 1 aromatic carbocycles. The van der Waals surface area contributed by atoms with E-state index in [1.165, 1.54) is 35.5 Å². The summed E-state index contributed by atoms with van der Waals surface area (Å²) in [6.07, 6.45) is 4.93. The summed E-state index contributed by atoms with van der Waals surface area (Å²) in [5, 5.41) is 2.83. The van der Waals surface area contributed by atoms with Crippen LogP contribution in [-0.2, 0) is 9.59 Å². The van der Waals surface area contributed by atoms with Crippen molar-refractivity contribution in [2.45, 2.75) is 32.6 Å². The lowest BCUT2D eigenvalue weighted by atomic mass is 10.2. The number of amides is 2. The molecule has 23 heavy (non-hydrogen) atoms. The summed E-state index contributed by atoms with van der Waals surface area (Å²) in [5.74, 6) is -0.114. The summed E-state index contributed by atoms with van der Waals surface area (Å²) < 4.78 is 0. The van der Waals surface area contributed by atoms with Crippen molar-refractivity contribution in [3.63, 3.8) is 0 Å². The van der Waals surface area contributed by atoms with E-state index in [0.717, 1.165) is 24.3 Å². The number of hydrogen-bond acceptors (Lipinski definition) is 2. The van der Waals surface area contributed by atoms with E-state index in [1.54, 1.807) is 7.05 Å². The lowest BCUT2D eigenvalue weighted by Gasteiger charge is -2.21. The first-order chi connectivity index (χ1) is 11.0. The number of hydrogen-bond donors (Lipinski definition) is 2. The molecule has 1 saturated heterocycles. The third-order valence-corrected chi connectivity index (χ3v) is 4.35. The number of rotatable bonds is 5. The number of carbonyl (C=O) groups is 2. The molecular weight excluding hydrogens is 290 g/mol. The maximum absolute atomic E-state index is 12.3. The SMILES string of the molecule is Cc1ccc(NC(=O)CN(C)C(=O)C[NH+]2CCCCCC2)cc1. The first kappa shape index (κ1) is 17.5. The van der Waals surface area contributed by atoms with Crippen LogP contribution in [0.5, 0.6) is 0 Å². The van der Waals surface area contributed by atoms with Gasteiger partial charge in [0.05, 0.1) is 19.6 Å². The molecule has 1 aromatic rings. The highest BCUT2D eigenvalue weighted by Crippen LogP contribution is 2.08. The Labute approximate surface area is 138 Å². The molecule has 0 spiro atoms. The lowest BCUT2D eigenvalue weighted by molar-refractivity contribution is -0.891. The molecule has 5 nitrogen and oxygen atoms in total. The van der Waals surface area contributed by atoms with E-state index in [2.05, 4.69) is 5.32 Å². The van der Waals surface area contributed by atoms with Gasteiger partial charge in [0.1, 0.15) is 0 Å². The van der Waals surface area contributed by atoms with Crippen molar-refractivity contribution >= 4 is 17.5 Å². The molecular formula is C18H28N3O2+. The number of quaternary nitrogens is 1. The smallest absolute Gasteiger partial charge is 0.277 e. The minimum Gasteiger partial charge on any atom is -0.332 e. The second-order valence-corrected chi connectivity index (χ2v) is 6.50. The van der Waals surface area contributed by atoms with Crippen molar-refractivity contribution in [2.75, 3.05) is 38.5 Å². The quantitative estimate of drug-likeness (QED) is 0.846. The van der Waals surface area contributed by atoms with Gasteiger partial charge in [0, 0.05) is 12.7 Å². The maximum Gasteiger partial charge on any atom is 0.277 e. The summed E-state index contributed by atoms with van der Waals surface area (Å²) in [7, 11) is 1.70. The van der Waals surface area contributed by atoms with Crippen LogP contribution in [-0.4, -0.2) is 49.9 Å². The molecule has 1 fully saturated rings. The Balaban J connectivity index is 1.77. The Kier molecular flexibility index (Phi) is 6.59. The summed E-state index contributed by atoms with van der Waals surface area (Å²) in [5.41, 5.74) is 1.91. The van der Waals surface area contributed by atoms with Gasteiger partial charge in [-0.05, 0) is 44.7 Å². The van der Waals surface area contributed by atoms with E-state index in [1.807, 2.05) is 31.2 Å². The third kappa shape index (κ3) is 6.02. The molecule has 0 aliphatic carbocycles. The van der Waals surface area contributed by atoms with Crippen molar-refractivity contribution in [3.8, 4) is 0 Å². The molecule has 2 N–H and O–H groups in total. The lowest BCUT2D eigenvalue weighted by Crippen LogP contribution is -3.13. The van der Waals surface area contributed by atoms with Gasteiger partial charge in [-0.25, -0.2) is 0 Å². The molecule has 5 heteroatoms. The molecule has 1 aliphatic heterocycles. The highest BCUT2D eigenvalue weighted by Gasteiger charge is 2.20. The fraction of sp³-hybridized carbons (Fsp3) is 0.556. The third-order valence-electron chi connectivity index (χ3n) is 4.35. The molecule has 126 valence electrons. The number of nitrogens with zero attached hydrogens (tertiary/aromatic N) is 1. The number of aryl methyl sites for hydroxylation is 1. The fourth-order valence-electron chi connectivity index (χ4n) is 2.90. The number of nitrogens with one attached hydrogen (secondary N) is 2.